The van der Waals surface area contributed by atoms with E-state index in [1.165, 1.54) is 29.2 Å². The predicted molar refractivity (Wildman–Crippen MR) is 111 cm³/mol. The summed E-state index contributed by atoms with van der Waals surface area (Å²) in [7, 11) is 0. The van der Waals surface area contributed by atoms with Crippen molar-refractivity contribution >= 4 is 34.7 Å². The maximum Gasteiger partial charge on any atom is 0.278 e. The monoisotopic (exact) mass is 416 g/mol. The molecule has 0 radical (unpaired) electrons. The molecule has 29 heavy (non-hydrogen) atoms. The number of anilines is 1. The van der Waals surface area contributed by atoms with Gasteiger partial charge in [0.05, 0.1) is 5.57 Å². The van der Waals surface area contributed by atoms with Gasteiger partial charge in [-0.1, -0.05) is 29.8 Å². The lowest BCUT2D eigenvalue weighted by molar-refractivity contribution is -0.137. The molecule has 2 amide bonds. The summed E-state index contributed by atoms with van der Waals surface area (Å²) < 4.78 is 18.7. The Bertz CT molecular complexity index is 957. The molecule has 2 aromatic rings. The summed E-state index contributed by atoms with van der Waals surface area (Å²) >= 11 is 6.19. The molecule has 0 atom stereocenters. The molecule has 5 nitrogen and oxygen atoms in total. The normalized spacial score (nSPS) is 14.1. The Morgan fingerprint density at radius 2 is 1.83 bits per heavy atom. The van der Waals surface area contributed by atoms with Crippen LogP contribution in [0, 0.1) is 12.7 Å². The first-order valence-electron chi connectivity index (χ1n) is 9.39. The third-order valence-corrected chi connectivity index (χ3v) is 5.02. The minimum atomic E-state index is -0.428. The summed E-state index contributed by atoms with van der Waals surface area (Å²) in [5.41, 5.74) is 2.32. The predicted octanol–water partition coefficient (Wildman–Crippen LogP) is 4.41. The maximum absolute atomic E-state index is 13.4. The molecule has 1 aliphatic heterocycles. The van der Waals surface area contributed by atoms with E-state index < -0.39 is 17.6 Å². The van der Waals surface area contributed by atoms with Crippen LogP contribution in [0.1, 0.15) is 24.5 Å². The van der Waals surface area contributed by atoms with E-state index in [9.17, 15) is 14.0 Å². The van der Waals surface area contributed by atoms with Crippen LogP contribution in [0.4, 0.5) is 10.1 Å². The van der Waals surface area contributed by atoms with Gasteiger partial charge in [-0.15, -0.1) is 0 Å². The molecule has 0 fully saturated rings. The van der Waals surface area contributed by atoms with Crippen molar-refractivity contribution in [2.75, 3.05) is 25.1 Å². The number of nitrogens with one attached hydrogen (secondary N) is 1. The van der Waals surface area contributed by atoms with Gasteiger partial charge in [0, 0.05) is 30.5 Å². The molecule has 0 aromatic heterocycles. The third-order valence-electron chi connectivity index (χ3n) is 4.62. The SMILES string of the molecule is CCOCCCN1C(=O)C(Nc2ccc(C)c(Cl)c2)=C(c2ccc(F)cc2)C1=O. The molecular weight excluding hydrogens is 395 g/mol. The number of benzene rings is 2. The fourth-order valence-corrected chi connectivity index (χ4v) is 3.24. The average Bonchev–Trinajstić information content (AvgIpc) is 2.93. The Morgan fingerprint density at radius 1 is 1.10 bits per heavy atom. The van der Waals surface area contributed by atoms with E-state index in [0.717, 1.165) is 5.56 Å². The highest BCUT2D eigenvalue weighted by Gasteiger charge is 2.38. The van der Waals surface area contributed by atoms with Crippen molar-refractivity contribution in [3.05, 3.63) is 70.1 Å². The van der Waals surface area contributed by atoms with E-state index >= 15 is 0 Å². The lowest BCUT2D eigenvalue weighted by atomic mass is 10.0. The quantitative estimate of drug-likeness (QED) is 0.511. The van der Waals surface area contributed by atoms with Crippen LogP contribution in [-0.2, 0) is 14.3 Å². The van der Waals surface area contributed by atoms with Crippen LogP contribution in [0.2, 0.25) is 5.02 Å². The van der Waals surface area contributed by atoms with Gasteiger partial charge in [0.15, 0.2) is 0 Å². The second kappa shape index (κ2) is 9.20. The van der Waals surface area contributed by atoms with Crippen molar-refractivity contribution in [3.8, 4) is 0 Å². The van der Waals surface area contributed by atoms with Crippen LogP contribution in [0.3, 0.4) is 0 Å². The van der Waals surface area contributed by atoms with Gasteiger partial charge in [-0.3, -0.25) is 14.5 Å². The van der Waals surface area contributed by atoms with Crippen molar-refractivity contribution in [2.24, 2.45) is 0 Å². The third kappa shape index (κ3) is 4.66. The molecule has 1 N–H and O–H groups in total. The first-order valence-corrected chi connectivity index (χ1v) is 9.77. The first kappa shape index (κ1) is 21.0. The fourth-order valence-electron chi connectivity index (χ4n) is 3.06. The summed E-state index contributed by atoms with van der Waals surface area (Å²) in [5.74, 6) is -1.26. The van der Waals surface area contributed by atoms with Gasteiger partial charge in [-0.25, -0.2) is 4.39 Å². The summed E-state index contributed by atoms with van der Waals surface area (Å²) in [6, 6.07) is 10.8. The summed E-state index contributed by atoms with van der Waals surface area (Å²) in [4.78, 5) is 27.2. The van der Waals surface area contributed by atoms with Crippen LogP contribution < -0.4 is 5.32 Å². The van der Waals surface area contributed by atoms with Gasteiger partial charge in [-0.05, 0) is 55.7 Å². The van der Waals surface area contributed by atoms with E-state index in [-0.39, 0.29) is 17.8 Å². The molecule has 7 heteroatoms. The van der Waals surface area contributed by atoms with Crippen LogP contribution in [-0.4, -0.2) is 36.5 Å². The molecule has 152 valence electrons. The zero-order valence-electron chi connectivity index (χ0n) is 16.3. The zero-order valence-corrected chi connectivity index (χ0v) is 17.1. The molecule has 0 spiro atoms. The molecule has 0 saturated carbocycles. The van der Waals surface area contributed by atoms with Crippen molar-refractivity contribution in [2.45, 2.75) is 20.3 Å². The number of halogens is 2. The molecule has 1 aliphatic rings. The summed E-state index contributed by atoms with van der Waals surface area (Å²) in [6.45, 7) is 5.02. The van der Waals surface area contributed by atoms with Crippen LogP contribution in [0.25, 0.3) is 5.57 Å². The first-order chi connectivity index (χ1) is 13.9. The standard InChI is InChI=1S/C22H22ClFN2O3/c1-3-29-12-4-11-26-21(27)19(15-6-8-16(24)9-7-15)20(22(26)28)25-17-10-5-14(2)18(23)13-17/h5-10,13,25H,3-4,11-12H2,1-2H3. The van der Waals surface area contributed by atoms with E-state index in [0.29, 0.717) is 35.9 Å². The van der Waals surface area contributed by atoms with Crippen molar-refractivity contribution in [3.63, 3.8) is 0 Å². The van der Waals surface area contributed by atoms with E-state index in [1.807, 2.05) is 19.9 Å². The summed E-state index contributed by atoms with van der Waals surface area (Å²) in [5, 5.41) is 3.59. The largest absolute Gasteiger partial charge is 0.382 e. The van der Waals surface area contributed by atoms with Crippen molar-refractivity contribution < 1.29 is 18.7 Å². The number of carbonyl (C=O) groups is 2. The van der Waals surface area contributed by atoms with E-state index in [2.05, 4.69) is 5.32 Å². The maximum atomic E-state index is 13.4. The lowest BCUT2D eigenvalue weighted by Gasteiger charge is -2.15. The Hall–Kier alpha value is -2.70. The smallest absolute Gasteiger partial charge is 0.278 e. The number of hydrogen-bond acceptors (Lipinski definition) is 4. The number of imide groups is 1. The Morgan fingerprint density at radius 3 is 2.48 bits per heavy atom. The fraction of sp³-hybridized carbons (Fsp3) is 0.273. The number of ether oxygens (including phenoxy) is 1. The highest BCUT2D eigenvalue weighted by atomic mass is 35.5. The zero-order chi connectivity index (χ0) is 21.0. The van der Waals surface area contributed by atoms with Crippen LogP contribution in [0.15, 0.2) is 48.2 Å². The minimum absolute atomic E-state index is 0.151. The Kier molecular flexibility index (Phi) is 6.67. The minimum Gasteiger partial charge on any atom is -0.382 e. The topological polar surface area (TPSA) is 58.6 Å². The molecule has 0 aliphatic carbocycles. The molecule has 2 aromatic carbocycles. The number of carbonyl (C=O) groups excluding carboxylic acids is 2. The molecule has 0 unspecified atom stereocenters. The molecule has 3 rings (SSSR count). The van der Waals surface area contributed by atoms with Gasteiger partial charge in [0.2, 0.25) is 0 Å². The number of hydrogen-bond donors (Lipinski definition) is 1. The van der Waals surface area contributed by atoms with Crippen molar-refractivity contribution in [1.82, 2.24) is 4.90 Å². The number of aryl methyl sites for hydroxylation is 1. The van der Waals surface area contributed by atoms with Crippen molar-refractivity contribution in [1.29, 1.82) is 0 Å². The van der Waals surface area contributed by atoms with E-state index in [1.54, 1.807) is 12.1 Å². The molecule has 1 heterocycles. The molecule has 0 bridgehead atoms. The van der Waals surface area contributed by atoms with Gasteiger partial charge < -0.3 is 10.1 Å². The number of rotatable bonds is 8. The van der Waals surface area contributed by atoms with Gasteiger partial charge in [0.25, 0.3) is 11.8 Å². The highest BCUT2D eigenvalue weighted by molar-refractivity contribution is 6.36. The second-order valence-electron chi connectivity index (χ2n) is 6.66. The average molecular weight is 417 g/mol. The molecular formula is C22H22ClFN2O3. The van der Waals surface area contributed by atoms with E-state index in [4.69, 9.17) is 16.3 Å². The highest BCUT2D eigenvalue weighted by Crippen LogP contribution is 2.31. The van der Waals surface area contributed by atoms with Crippen LogP contribution in [0.5, 0.6) is 0 Å². The van der Waals surface area contributed by atoms with Gasteiger partial charge >= 0.3 is 0 Å². The van der Waals surface area contributed by atoms with Gasteiger partial charge in [0.1, 0.15) is 11.5 Å². The molecule has 0 saturated heterocycles. The lowest BCUT2D eigenvalue weighted by Crippen LogP contribution is -2.34. The second-order valence-corrected chi connectivity index (χ2v) is 7.07. The van der Waals surface area contributed by atoms with Crippen LogP contribution >= 0.6 is 11.6 Å². The van der Waals surface area contributed by atoms with Gasteiger partial charge in [-0.2, -0.15) is 0 Å². The summed E-state index contributed by atoms with van der Waals surface area (Å²) in [6.07, 6.45) is 0.533. The Balaban J connectivity index is 1.95. The number of amides is 2. The number of nitrogens with zero attached hydrogens (tertiary/aromatic N) is 1. The Labute approximate surface area is 174 Å².